The van der Waals surface area contributed by atoms with E-state index in [0.29, 0.717) is 5.02 Å². The number of fused-ring (bicyclic) bond motifs is 1. The molecular weight excluding hydrogens is 260 g/mol. The highest BCUT2D eigenvalue weighted by Crippen LogP contribution is 2.36. The van der Waals surface area contributed by atoms with Gasteiger partial charge in [0.05, 0.1) is 5.69 Å². The second-order valence-electron chi connectivity index (χ2n) is 4.73. The van der Waals surface area contributed by atoms with Crippen molar-refractivity contribution in [1.82, 2.24) is 4.98 Å². The van der Waals surface area contributed by atoms with Crippen LogP contribution in [0.4, 0.5) is 0 Å². The van der Waals surface area contributed by atoms with Crippen LogP contribution in [0.2, 0.25) is 5.02 Å². The Bertz CT molecular complexity index is 588. The Hall–Kier alpha value is -1.58. The van der Waals surface area contributed by atoms with Crippen LogP contribution in [-0.2, 0) is 0 Å². The quantitative estimate of drug-likeness (QED) is 0.909. The monoisotopic (exact) mass is 274 g/mol. The molecule has 1 heterocycles. The molecule has 3 nitrogen and oxygen atoms in total. The Balaban J connectivity index is 1.89. The van der Waals surface area contributed by atoms with Crippen LogP contribution in [0.3, 0.4) is 0 Å². The summed E-state index contributed by atoms with van der Waals surface area (Å²) in [5.41, 5.74) is 8.14. The maximum Gasteiger partial charge on any atom is 0.141 e. The van der Waals surface area contributed by atoms with Crippen LogP contribution in [0.5, 0.6) is 5.75 Å². The van der Waals surface area contributed by atoms with E-state index in [1.165, 1.54) is 0 Å². The first-order valence-electron chi connectivity index (χ1n) is 6.36. The van der Waals surface area contributed by atoms with Gasteiger partial charge in [-0.25, -0.2) is 0 Å². The predicted molar refractivity (Wildman–Crippen MR) is 75.2 cm³/mol. The van der Waals surface area contributed by atoms with Gasteiger partial charge in [0.25, 0.3) is 0 Å². The van der Waals surface area contributed by atoms with E-state index in [-0.39, 0.29) is 12.1 Å². The molecule has 2 unspecified atom stereocenters. The number of pyridine rings is 1. The first kappa shape index (κ1) is 12.5. The zero-order valence-corrected chi connectivity index (χ0v) is 11.2. The van der Waals surface area contributed by atoms with Crippen LogP contribution in [0.15, 0.2) is 42.6 Å². The van der Waals surface area contributed by atoms with Gasteiger partial charge < -0.3 is 10.5 Å². The number of halogens is 1. The number of ether oxygens (including phenoxy) is 1. The van der Waals surface area contributed by atoms with Gasteiger partial charge in [-0.15, -0.1) is 0 Å². The lowest BCUT2D eigenvalue weighted by molar-refractivity contribution is 0.172. The van der Waals surface area contributed by atoms with Gasteiger partial charge in [-0.05, 0) is 42.7 Å². The molecule has 0 amide bonds. The van der Waals surface area contributed by atoms with Crippen molar-refractivity contribution in [2.24, 2.45) is 5.73 Å². The van der Waals surface area contributed by atoms with Gasteiger partial charge in [-0.1, -0.05) is 23.7 Å². The van der Waals surface area contributed by atoms with Crippen molar-refractivity contribution in [2.45, 2.75) is 25.0 Å². The van der Waals surface area contributed by atoms with Crippen LogP contribution in [0, 0.1) is 0 Å². The summed E-state index contributed by atoms with van der Waals surface area (Å²) in [7, 11) is 0. The van der Waals surface area contributed by atoms with Gasteiger partial charge in [-0.3, -0.25) is 4.98 Å². The van der Waals surface area contributed by atoms with Gasteiger partial charge in [0.2, 0.25) is 0 Å². The summed E-state index contributed by atoms with van der Waals surface area (Å²) >= 11 is 5.97. The molecule has 19 heavy (non-hydrogen) atoms. The van der Waals surface area contributed by atoms with E-state index < -0.39 is 0 Å². The fourth-order valence-electron chi connectivity index (χ4n) is 2.45. The number of nitrogens with zero attached hydrogens (tertiary/aromatic N) is 1. The second kappa shape index (κ2) is 5.19. The molecule has 1 aliphatic rings. The maximum absolute atomic E-state index is 6.11. The van der Waals surface area contributed by atoms with Crippen molar-refractivity contribution >= 4 is 11.6 Å². The van der Waals surface area contributed by atoms with Gasteiger partial charge in [0.15, 0.2) is 0 Å². The number of rotatable bonds is 2. The molecule has 0 fully saturated rings. The Morgan fingerprint density at radius 3 is 2.95 bits per heavy atom. The molecule has 2 aromatic rings. The fraction of sp³-hybridized carbons (Fsp3) is 0.267. The highest BCUT2D eigenvalue weighted by atomic mass is 35.5. The van der Waals surface area contributed by atoms with Crippen molar-refractivity contribution in [3.05, 3.63) is 58.9 Å². The average Bonchev–Trinajstić information content (AvgIpc) is 2.42. The fourth-order valence-corrected chi connectivity index (χ4v) is 2.64. The highest BCUT2D eigenvalue weighted by molar-refractivity contribution is 6.30. The average molecular weight is 275 g/mol. The third-order valence-corrected chi connectivity index (χ3v) is 3.63. The Morgan fingerprint density at radius 2 is 2.11 bits per heavy atom. The van der Waals surface area contributed by atoms with Crippen molar-refractivity contribution in [3.8, 4) is 5.75 Å². The summed E-state index contributed by atoms with van der Waals surface area (Å²) in [5.74, 6) is 0.768. The van der Waals surface area contributed by atoms with Crippen molar-refractivity contribution < 1.29 is 4.74 Å². The summed E-state index contributed by atoms with van der Waals surface area (Å²) < 4.78 is 6.01. The van der Waals surface area contributed by atoms with E-state index in [1.807, 2.05) is 36.4 Å². The SMILES string of the molecule is NC1CCC(Oc2cccc(Cl)c2)c2ncccc21. The molecule has 0 aliphatic heterocycles. The molecule has 2 atom stereocenters. The summed E-state index contributed by atoms with van der Waals surface area (Å²) in [6, 6.07) is 11.4. The smallest absolute Gasteiger partial charge is 0.141 e. The number of hydrogen-bond acceptors (Lipinski definition) is 3. The van der Waals surface area contributed by atoms with Gasteiger partial charge in [-0.2, -0.15) is 0 Å². The van der Waals surface area contributed by atoms with E-state index >= 15 is 0 Å². The zero-order valence-electron chi connectivity index (χ0n) is 10.4. The molecule has 0 bridgehead atoms. The Kier molecular flexibility index (Phi) is 3.40. The molecule has 1 aromatic carbocycles. The minimum Gasteiger partial charge on any atom is -0.484 e. The molecule has 1 aliphatic carbocycles. The first-order chi connectivity index (χ1) is 9.24. The van der Waals surface area contributed by atoms with Crippen LogP contribution in [0.25, 0.3) is 0 Å². The van der Waals surface area contributed by atoms with Gasteiger partial charge in [0, 0.05) is 17.3 Å². The predicted octanol–water partition coefficient (Wildman–Crippen LogP) is 3.65. The standard InChI is InChI=1S/C15H15ClN2O/c16-10-3-1-4-11(9-10)19-14-7-6-13(17)12-5-2-8-18-15(12)14/h1-5,8-9,13-14H,6-7,17H2. The van der Waals surface area contributed by atoms with Crippen molar-refractivity contribution in [2.75, 3.05) is 0 Å². The second-order valence-corrected chi connectivity index (χ2v) is 5.16. The minimum atomic E-state index is -0.0468. The largest absolute Gasteiger partial charge is 0.484 e. The lowest BCUT2D eigenvalue weighted by Gasteiger charge is -2.28. The van der Waals surface area contributed by atoms with Crippen LogP contribution >= 0.6 is 11.6 Å². The van der Waals surface area contributed by atoms with Gasteiger partial charge in [0.1, 0.15) is 11.9 Å². The molecule has 98 valence electrons. The third-order valence-electron chi connectivity index (χ3n) is 3.39. The number of hydrogen-bond donors (Lipinski definition) is 1. The van der Waals surface area contributed by atoms with E-state index in [0.717, 1.165) is 29.8 Å². The first-order valence-corrected chi connectivity index (χ1v) is 6.74. The van der Waals surface area contributed by atoms with E-state index in [9.17, 15) is 0 Å². The molecule has 2 N–H and O–H groups in total. The minimum absolute atomic E-state index is 0.0468. The molecule has 0 saturated carbocycles. The number of nitrogens with two attached hydrogens (primary N) is 1. The van der Waals surface area contributed by atoms with E-state index in [1.54, 1.807) is 6.20 Å². The van der Waals surface area contributed by atoms with Crippen LogP contribution < -0.4 is 10.5 Å². The Labute approximate surface area is 117 Å². The lowest BCUT2D eigenvalue weighted by atomic mass is 9.90. The van der Waals surface area contributed by atoms with Gasteiger partial charge >= 0.3 is 0 Å². The van der Waals surface area contributed by atoms with Crippen molar-refractivity contribution in [3.63, 3.8) is 0 Å². The summed E-state index contributed by atoms with van der Waals surface area (Å²) in [6.07, 6.45) is 3.52. The van der Waals surface area contributed by atoms with Crippen molar-refractivity contribution in [1.29, 1.82) is 0 Å². The summed E-state index contributed by atoms with van der Waals surface area (Å²) in [5, 5.41) is 0.672. The molecule has 4 heteroatoms. The third kappa shape index (κ3) is 2.57. The molecule has 0 radical (unpaired) electrons. The topological polar surface area (TPSA) is 48.1 Å². The maximum atomic E-state index is 6.11. The summed E-state index contributed by atoms with van der Waals surface area (Å²) in [6.45, 7) is 0. The zero-order chi connectivity index (χ0) is 13.2. The molecule has 3 rings (SSSR count). The van der Waals surface area contributed by atoms with E-state index in [4.69, 9.17) is 22.1 Å². The van der Waals surface area contributed by atoms with Crippen LogP contribution in [0.1, 0.15) is 36.2 Å². The van der Waals surface area contributed by atoms with Crippen LogP contribution in [-0.4, -0.2) is 4.98 Å². The number of aromatic nitrogens is 1. The number of benzene rings is 1. The normalized spacial score (nSPS) is 21.8. The highest BCUT2D eigenvalue weighted by Gasteiger charge is 2.27. The lowest BCUT2D eigenvalue weighted by Crippen LogP contribution is -2.24. The Morgan fingerprint density at radius 1 is 1.21 bits per heavy atom. The molecule has 1 aromatic heterocycles. The molecular formula is C15H15ClN2O. The molecule has 0 spiro atoms. The molecule has 0 saturated heterocycles. The summed E-state index contributed by atoms with van der Waals surface area (Å²) in [4.78, 5) is 4.43. The van der Waals surface area contributed by atoms with E-state index in [2.05, 4.69) is 4.98 Å².